The highest BCUT2D eigenvalue weighted by Crippen LogP contribution is 2.17. The molecular weight excluding hydrogens is 240 g/mol. The smallest absolute Gasteiger partial charge is 0.221 e. The van der Waals surface area contributed by atoms with E-state index in [4.69, 9.17) is 4.74 Å². The second-order valence-electron chi connectivity index (χ2n) is 5.58. The Kier molecular flexibility index (Phi) is 8.07. The van der Waals surface area contributed by atoms with Gasteiger partial charge < -0.3 is 15.4 Å². The van der Waals surface area contributed by atoms with Crippen molar-refractivity contribution in [1.82, 2.24) is 10.6 Å². The van der Waals surface area contributed by atoms with Gasteiger partial charge in [0.25, 0.3) is 0 Å². The van der Waals surface area contributed by atoms with Gasteiger partial charge >= 0.3 is 0 Å². The summed E-state index contributed by atoms with van der Waals surface area (Å²) in [5.41, 5.74) is 0. The van der Waals surface area contributed by atoms with E-state index < -0.39 is 0 Å². The third-order valence-electron chi connectivity index (χ3n) is 3.78. The first kappa shape index (κ1) is 16.4. The van der Waals surface area contributed by atoms with Crippen LogP contribution >= 0.6 is 0 Å². The third-order valence-corrected chi connectivity index (χ3v) is 3.78. The second-order valence-corrected chi connectivity index (χ2v) is 5.58. The molecule has 1 aliphatic heterocycles. The lowest BCUT2D eigenvalue weighted by atomic mass is 10.00. The quantitative estimate of drug-likeness (QED) is 0.711. The van der Waals surface area contributed by atoms with Crippen LogP contribution in [0.2, 0.25) is 0 Å². The topological polar surface area (TPSA) is 50.4 Å². The van der Waals surface area contributed by atoms with Gasteiger partial charge in [0, 0.05) is 31.7 Å². The van der Waals surface area contributed by atoms with Gasteiger partial charge in [-0.05, 0) is 32.6 Å². The number of ether oxygens (including phenoxy) is 1. The monoisotopic (exact) mass is 270 g/mol. The number of hydrogen-bond acceptors (Lipinski definition) is 3. The molecule has 3 atom stereocenters. The lowest BCUT2D eigenvalue weighted by Gasteiger charge is -2.30. The van der Waals surface area contributed by atoms with E-state index in [9.17, 15) is 4.79 Å². The van der Waals surface area contributed by atoms with E-state index in [1.165, 1.54) is 6.42 Å². The maximum absolute atomic E-state index is 11.6. The van der Waals surface area contributed by atoms with Gasteiger partial charge in [-0.3, -0.25) is 4.79 Å². The van der Waals surface area contributed by atoms with E-state index in [-0.39, 0.29) is 11.9 Å². The summed E-state index contributed by atoms with van der Waals surface area (Å²) in [4.78, 5) is 11.6. The molecular formula is C15H30N2O2. The fourth-order valence-electron chi connectivity index (χ4n) is 2.43. The molecule has 1 heterocycles. The predicted molar refractivity (Wildman–Crippen MR) is 78.2 cm³/mol. The Hall–Kier alpha value is -0.610. The van der Waals surface area contributed by atoms with Crippen molar-refractivity contribution in [2.24, 2.45) is 0 Å². The molecule has 0 radical (unpaired) electrons. The molecule has 19 heavy (non-hydrogen) atoms. The fraction of sp³-hybridized carbons (Fsp3) is 0.933. The van der Waals surface area contributed by atoms with E-state index >= 15 is 0 Å². The molecule has 112 valence electrons. The summed E-state index contributed by atoms with van der Waals surface area (Å²) in [7, 11) is 0. The SMILES string of the molecule is CCCC1CC(NCCC(=O)NC(C)CC)CCO1. The highest BCUT2D eigenvalue weighted by atomic mass is 16.5. The number of carbonyl (C=O) groups is 1. The van der Waals surface area contributed by atoms with Gasteiger partial charge in [-0.15, -0.1) is 0 Å². The van der Waals surface area contributed by atoms with Crippen LogP contribution in [0.1, 0.15) is 59.3 Å². The molecule has 0 aromatic carbocycles. The molecule has 4 nitrogen and oxygen atoms in total. The van der Waals surface area contributed by atoms with Crippen LogP contribution in [0.15, 0.2) is 0 Å². The van der Waals surface area contributed by atoms with Crippen LogP contribution in [0.5, 0.6) is 0 Å². The Morgan fingerprint density at radius 1 is 1.42 bits per heavy atom. The predicted octanol–water partition coefficient (Wildman–Crippen LogP) is 2.23. The Morgan fingerprint density at radius 2 is 2.21 bits per heavy atom. The number of nitrogens with one attached hydrogen (secondary N) is 2. The molecule has 1 fully saturated rings. The van der Waals surface area contributed by atoms with Gasteiger partial charge in [0.05, 0.1) is 6.10 Å². The Morgan fingerprint density at radius 3 is 2.89 bits per heavy atom. The van der Waals surface area contributed by atoms with Crippen molar-refractivity contribution in [3.05, 3.63) is 0 Å². The van der Waals surface area contributed by atoms with Crippen molar-refractivity contribution in [1.29, 1.82) is 0 Å². The molecule has 1 saturated heterocycles. The summed E-state index contributed by atoms with van der Waals surface area (Å²) in [6, 6.07) is 0.797. The minimum absolute atomic E-state index is 0.152. The molecule has 0 aromatic rings. The van der Waals surface area contributed by atoms with Gasteiger partial charge in [-0.2, -0.15) is 0 Å². The Labute approximate surface area is 117 Å². The summed E-state index contributed by atoms with van der Waals surface area (Å²) in [5, 5.41) is 6.48. The zero-order valence-corrected chi connectivity index (χ0v) is 12.7. The van der Waals surface area contributed by atoms with Crippen LogP contribution in [-0.2, 0) is 9.53 Å². The van der Waals surface area contributed by atoms with Crippen molar-refractivity contribution >= 4 is 5.91 Å². The fourth-order valence-corrected chi connectivity index (χ4v) is 2.43. The highest BCUT2D eigenvalue weighted by molar-refractivity contribution is 5.76. The average molecular weight is 270 g/mol. The van der Waals surface area contributed by atoms with Crippen molar-refractivity contribution < 1.29 is 9.53 Å². The minimum atomic E-state index is 0.152. The third kappa shape index (κ3) is 6.92. The molecule has 0 bridgehead atoms. The standard InChI is InChI=1S/C15H30N2O2/c1-4-6-14-11-13(8-10-19-14)16-9-7-15(18)17-12(3)5-2/h12-14,16H,4-11H2,1-3H3,(H,17,18). The zero-order chi connectivity index (χ0) is 14.1. The number of rotatable bonds is 8. The summed E-state index contributed by atoms with van der Waals surface area (Å²) in [6.45, 7) is 7.94. The van der Waals surface area contributed by atoms with Crippen LogP contribution in [0.25, 0.3) is 0 Å². The van der Waals surface area contributed by atoms with E-state index in [0.717, 1.165) is 38.8 Å². The molecule has 1 aliphatic rings. The largest absolute Gasteiger partial charge is 0.378 e. The maximum Gasteiger partial charge on any atom is 0.221 e. The maximum atomic E-state index is 11.6. The van der Waals surface area contributed by atoms with Gasteiger partial charge in [0.15, 0.2) is 0 Å². The van der Waals surface area contributed by atoms with Crippen molar-refractivity contribution in [2.45, 2.75) is 77.5 Å². The number of carbonyl (C=O) groups excluding carboxylic acids is 1. The average Bonchev–Trinajstić information content (AvgIpc) is 2.39. The van der Waals surface area contributed by atoms with Crippen molar-refractivity contribution in [2.75, 3.05) is 13.2 Å². The summed E-state index contributed by atoms with van der Waals surface area (Å²) < 4.78 is 5.72. The molecule has 0 aromatic heterocycles. The van der Waals surface area contributed by atoms with Crippen LogP contribution < -0.4 is 10.6 Å². The highest BCUT2D eigenvalue weighted by Gasteiger charge is 2.21. The van der Waals surface area contributed by atoms with E-state index in [0.29, 0.717) is 18.6 Å². The molecule has 4 heteroatoms. The molecule has 0 saturated carbocycles. The first-order valence-corrected chi connectivity index (χ1v) is 7.80. The van der Waals surface area contributed by atoms with E-state index in [1.807, 2.05) is 6.92 Å². The lowest BCUT2D eigenvalue weighted by molar-refractivity contribution is -0.121. The summed E-state index contributed by atoms with van der Waals surface area (Å²) in [6.07, 6.45) is 6.43. The van der Waals surface area contributed by atoms with E-state index in [2.05, 4.69) is 24.5 Å². The second kappa shape index (κ2) is 9.32. The molecule has 1 rings (SSSR count). The van der Waals surface area contributed by atoms with Gasteiger partial charge in [0.1, 0.15) is 0 Å². The van der Waals surface area contributed by atoms with Gasteiger partial charge in [0.2, 0.25) is 5.91 Å². The molecule has 2 N–H and O–H groups in total. The van der Waals surface area contributed by atoms with Crippen molar-refractivity contribution in [3.8, 4) is 0 Å². The normalized spacial score (nSPS) is 25.0. The van der Waals surface area contributed by atoms with Crippen LogP contribution in [0.3, 0.4) is 0 Å². The number of hydrogen-bond donors (Lipinski definition) is 2. The molecule has 3 unspecified atom stereocenters. The minimum Gasteiger partial charge on any atom is -0.378 e. The summed E-state index contributed by atoms with van der Waals surface area (Å²) in [5.74, 6) is 0.152. The summed E-state index contributed by atoms with van der Waals surface area (Å²) >= 11 is 0. The zero-order valence-electron chi connectivity index (χ0n) is 12.7. The van der Waals surface area contributed by atoms with Gasteiger partial charge in [-0.1, -0.05) is 20.3 Å². The molecule has 0 spiro atoms. The van der Waals surface area contributed by atoms with E-state index in [1.54, 1.807) is 0 Å². The lowest BCUT2D eigenvalue weighted by Crippen LogP contribution is -2.41. The Balaban J connectivity index is 2.13. The van der Waals surface area contributed by atoms with Crippen LogP contribution in [0, 0.1) is 0 Å². The first-order valence-electron chi connectivity index (χ1n) is 7.80. The number of amides is 1. The van der Waals surface area contributed by atoms with Gasteiger partial charge in [-0.25, -0.2) is 0 Å². The molecule has 0 aliphatic carbocycles. The van der Waals surface area contributed by atoms with Crippen LogP contribution in [0.4, 0.5) is 0 Å². The van der Waals surface area contributed by atoms with Crippen LogP contribution in [-0.4, -0.2) is 37.2 Å². The molecule has 1 amide bonds. The first-order chi connectivity index (χ1) is 9.15. The van der Waals surface area contributed by atoms with Crippen molar-refractivity contribution in [3.63, 3.8) is 0 Å². The Bertz CT molecular complexity index is 257.